The average molecular weight is 590 g/mol. The van der Waals surface area contributed by atoms with Crippen LogP contribution in [0.2, 0.25) is 0 Å². The van der Waals surface area contributed by atoms with Crippen molar-refractivity contribution < 1.29 is 9.84 Å². The predicted molar refractivity (Wildman–Crippen MR) is 170 cm³/mol. The van der Waals surface area contributed by atoms with Crippen LogP contribution in [-0.2, 0) is 16.6 Å². The van der Waals surface area contributed by atoms with Crippen LogP contribution >= 0.6 is 0 Å². The molecule has 0 radical (unpaired) electrons. The molecule has 0 amide bonds. The number of aromatic hydroxyl groups is 1. The number of nitrogen functional groups attached to an aromatic ring is 1. The van der Waals surface area contributed by atoms with E-state index in [1.807, 2.05) is 30.5 Å². The Morgan fingerprint density at radius 3 is 2.65 bits per heavy atom. The SMILES string of the molecule is CC.CC(C)N(CC1CCC(n2cnc3c(N)ncnc32)O1)NC1CC(=CCc2nc3c(O)c(C(C)(C)C)ccc3[nH]2)C1. The van der Waals surface area contributed by atoms with Crippen LogP contribution in [0.3, 0.4) is 0 Å². The summed E-state index contributed by atoms with van der Waals surface area (Å²) in [7, 11) is 0. The second-order valence-electron chi connectivity index (χ2n) is 12.7. The van der Waals surface area contributed by atoms with E-state index in [1.54, 1.807) is 6.33 Å². The van der Waals surface area contributed by atoms with Gasteiger partial charge in [0.1, 0.15) is 35.2 Å². The lowest BCUT2D eigenvalue weighted by molar-refractivity contribution is -0.0307. The molecule has 3 aromatic heterocycles. The molecule has 1 aromatic carbocycles. The van der Waals surface area contributed by atoms with Gasteiger partial charge in [0, 0.05) is 30.6 Å². The number of anilines is 1. The number of H-pyrrole nitrogens is 1. The quantitative estimate of drug-likeness (QED) is 0.154. The topological polar surface area (TPSA) is 143 Å². The summed E-state index contributed by atoms with van der Waals surface area (Å²) in [6.07, 6.45) is 10.1. The fourth-order valence-electron chi connectivity index (χ4n) is 5.86. The summed E-state index contributed by atoms with van der Waals surface area (Å²) in [6.45, 7) is 15.5. The van der Waals surface area contributed by atoms with Crippen molar-refractivity contribution in [2.45, 2.75) is 110 Å². The number of hydrogen-bond donors (Lipinski definition) is 4. The Labute approximate surface area is 253 Å². The van der Waals surface area contributed by atoms with E-state index in [4.69, 9.17) is 15.5 Å². The number of nitrogens with zero attached hydrogens (tertiary/aromatic N) is 6. The molecule has 2 atom stereocenters. The highest BCUT2D eigenvalue weighted by Crippen LogP contribution is 2.36. The van der Waals surface area contributed by atoms with Crippen LogP contribution in [0.4, 0.5) is 5.82 Å². The van der Waals surface area contributed by atoms with Gasteiger partial charge in [-0.3, -0.25) is 9.99 Å². The third-order valence-corrected chi connectivity index (χ3v) is 8.24. The number of nitrogens with two attached hydrogens (primary N) is 1. The molecule has 1 aliphatic heterocycles. The molecule has 2 unspecified atom stereocenters. The number of imidazole rings is 2. The summed E-state index contributed by atoms with van der Waals surface area (Å²) >= 11 is 0. The van der Waals surface area contributed by atoms with E-state index in [0.717, 1.165) is 55.6 Å². The summed E-state index contributed by atoms with van der Waals surface area (Å²) in [6, 6.07) is 4.75. The van der Waals surface area contributed by atoms with Gasteiger partial charge in [0.25, 0.3) is 0 Å². The van der Waals surface area contributed by atoms with Crippen molar-refractivity contribution in [2.75, 3.05) is 12.3 Å². The summed E-state index contributed by atoms with van der Waals surface area (Å²) in [5.74, 6) is 1.54. The lowest BCUT2D eigenvalue weighted by atomic mass is 9.86. The maximum Gasteiger partial charge on any atom is 0.167 e. The maximum absolute atomic E-state index is 10.8. The molecular weight excluding hydrogens is 542 g/mol. The van der Waals surface area contributed by atoms with Crippen molar-refractivity contribution >= 4 is 28.0 Å². The normalized spacial score (nSPS) is 20.6. The van der Waals surface area contributed by atoms with Gasteiger partial charge in [-0.2, -0.15) is 0 Å². The third kappa shape index (κ3) is 6.53. The molecule has 11 heteroatoms. The van der Waals surface area contributed by atoms with Gasteiger partial charge < -0.3 is 20.6 Å². The van der Waals surface area contributed by atoms with Crippen molar-refractivity contribution in [3.8, 4) is 5.75 Å². The van der Waals surface area contributed by atoms with Crippen LogP contribution in [0.5, 0.6) is 5.75 Å². The molecule has 6 rings (SSSR count). The van der Waals surface area contributed by atoms with Gasteiger partial charge in [0.05, 0.1) is 17.9 Å². The van der Waals surface area contributed by atoms with E-state index >= 15 is 0 Å². The summed E-state index contributed by atoms with van der Waals surface area (Å²) in [4.78, 5) is 20.9. The van der Waals surface area contributed by atoms with Gasteiger partial charge in [-0.25, -0.2) is 24.9 Å². The molecule has 4 heterocycles. The molecule has 43 heavy (non-hydrogen) atoms. The fraction of sp³-hybridized carbons (Fsp3) is 0.562. The standard InChI is InChI=1S/C30H41N9O2.C2H6/c1-17(2)39(14-20-7-11-24(41-20)38-16-34-26-28(31)32-15-33-29(26)38)37-19-12-18(13-19)6-10-23-35-22-9-8-21(30(3,4)5)27(40)25(22)36-23;1-2/h6,8-9,15-17,19-20,24,37,40H,7,10-14H2,1-5H3,(H,35,36)(H2,31,32,33);1-2H3. The first-order valence-corrected chi connectivity index (χ1v) is 15.6. The number of fused-ring (bicyclic) bond motifs is 2. The Kier molecular flexibility index (Phi) is 9.05. The van der Waals surface area contributed by atoms with Crippen molar-refractivity contribution in [1.29, 1.82) is 0 Å². The second kappa shape index (κ2) is 12.6. The number of allylic oxidation sites excluding steroid dienone is 1. The molecule has 1 aliphatic carbocycles. The maximum atomic E-state index is 10.8. The first kappa shape index (κ1) is 30.9. The highest BCUT2D eigenvalue weighted by Gasteiger charge is 2.32. The summed E-state index contributed by atoms with van der Waals surface area (Å²) in [5.41, 5.74) is 14.8. The summed E-state index contributed by atoms with van der Waals surface area (Å²) in [5, 5.41) is 13.1. The Balaban J connectivity index is 0.00000180. The minimum absolute atomic E-state index is 0.105. The lowest BCUT2D eigenvalue weighted by Gasteiger charge is -2.38. The molecule has 1 saturated carbocycles. The zero-order valence-corrected chi connectivity index (χ0v) is 26.6. The number of nitrogens with one attached hydrogen (secondary N) is 2. The van der Waals surface area contributed by atoms with E-state index in [1.165, 1.54) is 11.9 Å². The molecule has 232 valence electrons. The number of benzene rings is 1. The molecule has 5 N–H and O–H groups in total. The van der Waals surface area contributed by atoms with Gasteiger partial charge in [-0.15, -0.1) is 0 Å². The third-order valence-electron chi connectivity index (χ3n) is 8.24. The van der Waals surface area contributed by atoms with Gasteiger partial charge in [-0.05, 0) is 51.0 Å². The number of aromatic nitrogens is 6. The summed E-state index contributed by atoms with van der Waals surface area (Å²) < 4.78 is 8.40. The first-order valence-electron chi connectivity index (χ1n) is 15.6. The molecular formula is C32H47N9O2. The van der Waals surface area contributed by atoms with Gasteiger partial charge in [-0.1, -0.05) is 52.3 Å². The number of aromatic amines is 1. The minimum Gasteiger partial charge on any atom is -0.505 e. The molecule has 2 fully saturated rings. The Bertz CT molecular complexity index is 1570. The number of phenolic OH excluding ortho intramolecular Hbond substituents is 1. The van der Waals surface area contributed by atoms with Crippen LogP contribution in [0, 0.1) is 0 Å². The first-order chi connectivity index (χ1) is 20.6. The van der Waals surface area contributed by atoms with E-state index in [2.05, 4.69) is 71.1 Å². The van der Waals surface area contributed by atoms with Crippen LogP contribution in [-0.4, -0.2) is 64.3 Å². The molecule has 1 saturated heterocycles. The van der Waals surface area contributed by atoms with Crippen LogP contribution in [0.25, 0.3) is 22.2 Å². The Hall–Kier alpha value is -3.54. The van der Waals surface area contributed by atoms with Gasteiger partial charge >= 0.3 is 0 Å². The van der Waals surface area contributed by atoms with E-state index in [0.29, 0.717) is 34.6 Å². The van der Waals surface area contributed by atoms with E-state index in [-0.39, 0.29) is 23.5 Å². The van der Waals surface area contributed by atoms with E-state index < -0.39 is 0 Å². The number of phenols is 1. The van der Waals surface area contributed by atoms with E-state index in [9.17, 15) is 5.11 Å². The van der Waals surface area contributed by atoms with Gasteiger partial charge in [0.15, 0.2) is 11.5 Å². The highest BCUT2D eigenvalue weighted by molar-refractivity contribution is 5.83. The minimum atomic E-state index is -0.137. The van der Waals surface area contributed by atoms with Crippen LogP contribution in [0.15, 0.2) is 36.4 Å². The van der Waals surface area contributed by atoms with Crippen molar-refractivity contribution in [2.24, 2.45) is 0 Å². The van der Waals surface area contributed by atoms with Gasteiger partial charge in [0.2, 0.25) is 0 Å². The highest BCUT2D eigenvalue weighted by atomic mass is 16.5. The number of ether oxygens (including phenoxy) is 1. The molecule has 11 nitrogen and oxygen atoms in total. The second-order valence-corrected chi connectivity index (χ2v) is 12.7. The fourth-order valence-corrected chi connectivity index (χ4v) is 5.86. The zero-order valence-electron chi connectivity index (χ0n) is 26.6. The Morgan fingerprint density at radius 1 is 1.16 bits per heavy atom. The molecule has 0 bridgehead atoms. The number of hydrogen-bond acceptors (Lipinski definition) is 9. The van der Waals surface area contributed by atoms with Crippen LogP contribution < -0.4 is 11.2 Å². The monoisotopic (exact) mass is 589 g/mol. The predicted octanol–water partition coefficient (Wildman–Crippen LogP) is 5.54. The van der Waals surface area contributed by atoms with Crippen molar-refractivity contribution in [3.05, 3.63) is 47.8 Å². The van der Waals surface area contributed by atoms with Crippen molar-refractivity contribution in [3.63, 3.8) is 0 Å². The average Bonchev–Trinajstić information content (AvgIpc) is 3.68. The van der Waals surface area contributed by atoms with Crippen molar-refractivity contribution in [1.82, 2.24) is 39.9 Å². The largest absolute Gasteiger partial charge is 0.505 e. The zero-order chi connectivity index (χ0) is 30.9. The molecule has 0 spiro atoms. The lowest BCUT2D eigenvalue weighted by Crippen LogP contribution is -2.53. The molecule has 4 aromatic rings. The smallest absolute Gasteiger partial charge is 0.167 e. The van der Waals surface area contributed by atoms with Crippen LogP contribution in [0.1, 0.15) is 91.8 Å². The molecule has 2 aliphatic rings. The number of hydrazine groups is 1. The Morgan fingerprint density at radius 2 is 1.93 bits per heavy atom. The number of rotatable bonds is 8.